The van der Waals surface area contributed by atoms with Crippen LogP contribution in [0.15, 0.2) is 18.2 Å². The van der Waals surface area contributed by atoms with Gasteiger partial charge < -0.3 is 5.32 Å². The Morgan fingerprint density at radius 1 is 1.40 bits per heavy atom. The van der Waals surface area contributed by atoms with Crippen LogP contribution in [-0.4, -0.2) is 6.04 Å². The molecule has 1 nitrogen and oxygen atoms in total. The normalized spacial score (nSPS) is 17.5. The van der Waals surface area contributed by atoms with Gasteiger partial charge in [-0.3, -0.25) is 0 Å². The maximum atomic E-state index is 13.3. The summed E-state index contributed by atoms with van der Waals surface area (Å²) in [4.78, 5) is 0. The van der Waals surface area contributed by atoms with E-state index in [9.17, 15) is 8.78 Å². The molecule has 1 aliphatic carbocycles. The van der Waals surface area contributed by atoms with Crippen molar-refractivity contribution in [3.8, 4) is 0 Å². The average Bonchev–Trinajstić information content (AvgIpc) is 2.94. The average molecular weight is 211 g/mol. The highest BCUT2D eigenvalue weighted by Gasteiger charge is 2.23. The Morgan fingerprint density at radius 3 is 2.73 bits per heavy atom. The zero-order chi connectivity index (χ0) is 10.8. The molecule has 1 atom stereocenters. The molecule has 3 heteroatoms. The van der Waals surface area contributed by atoms with Gasteiger partial charge in [0.15, 0.2) is 0 Å². The fraction of sp³-hybridized carbons (Fsp3) is 0.500. The number of benzene rings is 1. The molecule has 0 bridgehead atoms. The highest BCUT2D eigenvalue weighted by Crippen LogP contribution is 2.34. The standard InChI is InChI=1S/C12H15F2N/c1-8(6-9-2-3-9)15-12-5-4-10(13)7-11(12)14/h4-5,7-9,15H,2-3,6H2,1H3. The molecule has 1 aromatic carbocycles. The van der Waals surface area contributed by atoms with E-state index < -0.39 is 11.6 Å². The molecule has 2 rings (SSSR count). The van der Waals surface area contributed by atoms with Gasteiger partial charge in [0.1, 0.15) is 11.6 Å². The van der Waals surface area contributed by atoms with Crippen molar-refractivity contribution in [1.29, 1.82) is 0 Å². The lowest BCUT2D eigenvalue weighted by Crippen LogP contribution is -2.16. The lowest BCUT2D eigenvalue weighted by atomic mass is 10.1. The molecule has 0 aliphatic heterocycles. The molecule has 0 radical (unpaired) electrons. The molecule has 0 spiro atoms. The van der Waals surface area contributed by atoms with E-state index in [-0.39, 0.29) is 6.04 Å². The first-order valence-corrected chi connectivity index (χ1v) is 5.37. The quantitative estimate of drug-likeness (QED) is 0.802. The Labute approximate surface area is 88.5 Å². The second kappa shape index (κ2) is 4.17. The van der Waals surface area contributed by atoms with E-state index in [0.29, 0.717) is 5.69 Å². The van der Waals surface area contributed by atoms with E-state index in [0.717, 1.165) is 18.4 Å². The number of halogens is 2. The summed E-state index contributed by atoms with van der Waals surface area (Å²) < 4.78 is 25.9. The van der Waals surface area contributed by atoms with Crippen LogP contribution >= 0.6 is 0 Å². The van der Waals surface area contributed by atoms with Crippen LogP contribution < -0.4 is 5.32 Å². The number of rotatable bonds is 4. The first kappa shape index (κ1) is 10.4. The van der Waals surface area contributed by atoms with Gasteiger partial charge in [-0.2, -0.15) is 0 Å². The molecular weight excluding hydrogens is 196 g/mol. The molecule has 1 aromatic rings. The van der Waals surface area contributed by atoms with Crippen molar-refractivity contribution in [2.75, 3.05) is 5.32 Å². The lowest BCUT2D eigenvalue weighted by Gasteiger charge is -2.15. The van der Waals surface area contributed by atoms with Crippen LogP contribution in [0.5, 0.6) is 0 Å². The summed E-state index contributed by atoms with van der Waals surface area (Å²) in [6.07, 6.45) is 3.65. The summed E-state index contributed by atoms with van der Waals surface area (Å²) in [6.45, 7) is 2.03. The van der Waals surface area contributed by atoms with Gasteiger partial charge >= 0.3 is 0 Å². The summed E-state index contributed by atoms with van der Waals surface area (Å²) in [5.74, 6) is -0.249. The van der Waals surface area contributed by atoms with E-state index in [1.807, 2.05) is 6.92 Å². The van der Waals surface area contributed by atoms with Gasteiger partial charge in [-0.05, 0) is 31.4 Å². The van der Waals surface area contributed by atoms with E-state index in [2.05, 4.69) is 5.32 Å². The van der Waals surface area contributed by atoms with E-state index in [1.54, 1.807) is 0 Å². The molecule has 82 valence electrons. The number of hydrogen-bond donors (Lipinski definition) is 1. The van der Waals surface area contributed by atoms with Gasteiger partial charge in [0.05, 0.1) is 5.69 Å². The van der Waals surface area contributed by atoms with Crippen LogP contribution in [0.4, 0.5) is 14.5 Å². The van der Waals surface area contributed by atoms with Crippen LogP contribution in [0.3, 0.4) is 0 Å². The third-order valence-corrected chi connectivity index (χ3v) is 2.72. The van der Waals surface area contributed by atoms with Crippen LogP contribution in [0.1, 0.15) is 26.2 Å². The molecular formula is C12H15F2N. The first-order chi connectivity index (χ1) is 7.15. The molecule has 1 unspecified atom stereocenters. The van der Waals surface area contributed by atoms with Crippen LogP contribution in [-0.2, 0) is 0 Å². The van der Waals surface area contributed by atoms with Gasteiger partial charge in [-0.1, -0.05) is 12.8 Å². The second-order valence-electron chi connectivity index (χ2n) is 4.35. The molecule has 0 amide bonds. The lowest BCUT2D eigenvalue weighted by molar-refractivity contribution is 0.579. The van der Waals surface area contributed by atoms with E-state index in [1.165, 1.54) is 25.0 Å². The van der Waals surface area contributed by atoms with Crippen molar-refractivity contribution < 1.29 is 8.78 Å². The van der Waals surface area contributed by atoms with Gasteiger partial charge in [0.2, 0.25) is 0 Å². The summed E-state index contributed by atoms with van der Waals surface area (Å²) in [6, 6.07) is 3.88. The molecule has 0 saturated heterocycles. The third kappa shape index (κ3) is 2.91. The molecule has 0 heterocycles. The fourth-order valence-electron chi connectivity index (χ4n) is 1.78. The van der Waals surface area contributed by atoms with E-state index in [4.69, 9.17) is 0 Å². The number of nitrogens with one attached hydrogen (secondary N) is 1. The molecule has 1 saturated carbocycles. The SMILES string of the molecule is CC(CC1CC1)Nc1ccc(F)cc1F. The second-order valence-corrected chi connectivity index (χ2v) is 4.35. The van der Waals surface area contributed by atoms with Gasteiger partial charge in [-0.25, -0.2) is 8.78 Å². The zero-order valence-corrected chi connectivity index (χ0v) is 8.76. The van der Waals surface area contributed by atoms with Crippen molar-refractivity contribution in [1.82, 2.24) is 0 Å². The summed E-state index contributed by atoms with van der Waals surface area (Å²) in [7, 11) is 0. The topological polar surface area (TPSA) is 12.0 Å². The van der Waals surface area contributed by atoms with Gasteiger partial charge in [0, 0.05) is 12.1 Å². The Balaban J connectivity index is 1.96. The minimum Gasteiger partial charge on any atom is -0.380 e. The summed E-state index contributed by atoms with van der Waals surface area (Å²) in [5.41, 5.74) is 0.393. The van der Waals surface area contributed by atoms with Crippen molar-refractivity contribution >= 4 is 5.69 Å². The maximum Gasteiger partial charge on any atom is 0.149 e. The number of hydrogen-bond acceptors (Lipinski definition) is 1. The van der Waals surface area contributed by atoms with Gasteiger partial charge in [-0.15, -0.1) is 0 Å². The largest absolute Gasteiger partial charge is 0.380 e. The Kier molecular flexibility index (Phi) is 2.89. The highest BCUT2D eigenvalue weighted by atomic mass is 19.1. The zero-order valence-electron chi connectivity index (χ0n) is 8.76. The summed E-state index contributed by atoms with van der Waals surface area (Å²) in [5, 5.41) is 3.07. The maximum absolute atomic E-state index is 13.3. The minimum atomic E-state index is -0.534. The molecule has 1 N–H and O–H groups in total. The minimum absolute atomic E-state index is 0.248. The molecule has 15 heavy (non-hydrogen) atoms. The van der Waals surface area contributed by atoms with Crippen LogP contribution in [0.2, 0.25) is 0 Å². The Bertz CT molecular complexity index is 347. The van der Waals surface area contributed by atoms with Crippen molar-refractivity contribution in [3.05, 3.63) is 29.8 Å². The smallest absolute Gasteiger partial charge is 0.149 e. The van der Waals surface area contributed by atoms with Crippen LogP contribution in [0, 0.1) is 17.6 Å². The molecule has 1 aliphatic rings. The first-order valence-electron chi connectivity index (χ1n) is 5.37. The van der Waals surface area contributed by atoms with Crippen molar-refractivity contribution in [2.45, 2.75) is 32.2 Å². The molecule has 0 aromatic heterocycles. The highest BCUT2D eigenvalue weighted by molar-refractivity contribution is 5.45. The Hall–Kier alpha value is -1.12. The predicted octanol–water partition coefficient (Wildman–Crippen LogP) is 3.57. The third-order valence-electron chi connectivity index (χ3n) is 2.72. The predicted molar refractivity (Wildman–Crippen MR) is 56.8 cm³/mol. The van der Waals surface area contributed by atoms with Gasteiger partial charge in [0.25, 0.3) is 0 Å². The fourth-order valence-corrected chi connectivity index (χ4v) is 1.78. The number of anilines is 1. The monoisotopic (exact) mass is 211 g/mol. The molecule has 1 fully saturated rings. The van der Waals surface area contributed by atoms with Crippen molar-refractivity contribution in [3.63, 3.8) is 0 Å². The Morgan fingerprint density at radius 2 is 2.13 bits per heavy atom. The van der Waals surface area contributed by atoms with E-state index >= 15 is 0 Å². The summed E-state index contributed by atoms with van der Waals surface area (Å²) >= 11 is 0. The van der Waals surface area contributed by atoms with Crippen molar-refractivity contribution in [2.24, 2.45) is 5.92 Å². The van der Waals surface area contributed by atoms with Crippen LogP contribution in [0.25, 0.3) is 0 Å².